The van der Waals surface area contributed by atoms with Gasteiger partial charge in [-0.1, -0.05) is 37.3 Å². The van der Waals surface area contributed by atoms with Crippen LogP contribution in [0.3, 0.4) is 0 Å². The van der Waals surface area contributed by atoms with Crippen molar-refractivity contribution in [2.45, 2.75) is 38.7 Å². The molecular formula is C16H25NO2. The number of aldehydes is 1. The van der Waals surface area contributed by atoms with Crippen LogP contribution in [0.15, 0.2) is 30.3 Å². The number of hydrogen-bond donors (Lipinski definition) is 1. The summed E-state index contributed by atoms with van der Waals surface area (Å²) in [4.78, 5) is 13.7. The number of nitrogens with zero attached hydrogens (tertiary/aromatic N) is 1. The van der Waals surface area contributed by atoms with Crippen LogP contribution in [0.2, 0.25) is 0 Å². The first-order valence-electron chi connectivity index (χ1n) is 6.77. The van der Waals surface area contributed by atoms with E-state index in [9.17, 15) is 9.90 Å². The van der Waals surface area contributed by atoms with Gasteiger partial charge in [-0.25, -0.2) is 0 Å². The molecule has 3 nitrogen and oxygen atoms in total. The molecule has 1 rings (SSSR count). The fraction of sp³-hybridized carbons (Fsp3) is 0.562. The van der Waals surface area contributed by atoms with Crippen molar-refractivity contribution in [3.63, 3.8) is 0 Å². The molecule has 1 aromatic rings. The second-order valence-electron chi connectivity index (χ2n) is 6.02. The fourth-order valence-corrected chi connectivity index (χ4v) is 2.31. The Morgan fingerprint density at radius 1 is 1.16 bits per heavy atom. The lowest BCUT2D eigenvalue weighted by atomic mass is 9.83. The fourth-order valence-electron chi connectivity index (χ4n) is 2.31. The van der Waals surface area contributed by atoms with Crippen molar-refractivity contribution < 1.29 is 9.90 Å². The highest BCUT2D eigenvalue weighted by Gasteiger charge is 2.30. The maximum atomic E-state index is 11.6. The van der Waals surface area contributed by atoms with Crippen LogP contribution in [0.25, 0.3) is 0 Å². The Morgan fingerprint density at radius 3 is 2.16 bits per heavy atom. The number of carbonyl (C=O) groups excluding carboxylic acids is 1. The summed E-state index contributed by atoms with van der Waals surface area (Å²) < 4.78 is 0. The van der Waals surface area contributed by atoms with Gasteiger partial charge in [0.25, 0.3) is 0 Å². The minimum atomic E-state index is -0.753. The van der Waals surface area contributed by atoms with E-state index in [0.717, 1.165) is 18.4 Å². The summed E-state index contributed by atoms with van der Waals surface area (Å²) in [7, 11) is 0. The van der Waals surface area contributed by atoms with E-state index in [2.05, 4.69) is 4.90 Å². The number of aliphatic hydroxyl groups is 1. The molecule has 0 aliphatic carbocycles. The first-order chi connectivity index (χ1) is 8.80. The smallest absolute Gasteiger partial charge is 0.131 e. The largest absolute Gasteiger partial charge is 0.389 e. The Balaban J connectivity index is 2.88. The van der Waals surface area contributed by atoms with Crippen LogP contribution in [-0.2, 0) is 10.2 Å². The molecule has 106 valence electrons. The van der Waals surface area contributed by atoms with Gasteiger partial charge in [-0.2, -0.15) is 0 Å². The van der Waals surface area contributed by atoms with E-state index in [4.69, 9.17) is 0 Å². The predicted molar refractivity (Wildman–Crippen MR) is 78.3 cm³/mol. The molecule has 0 aliphatic rings. The average Bonchev–Trinajstić information content (AvgIpc) is 2.37. The summed E-state index contributed by atoms with van der Waals surface area (Å²) in [5, 5.41) is 9.93. The van der Waals surface area contributed by atoms with Crippen molar-refractivity contribution in [3.8, 4) is 0 Å². The van der Waals surface area contributed by atoms with Crippen LogP contribution >= 0.6 is 0 Å². The maximum absolute atomic E-state index is 11.6. The third kappa shape index (κ3) is 4.77. The van der Waals surface area contributed by atoms with Crippen molar-refractivity contribution in [3.05, 3.63) is 35.9 Å². The minimum Gasteiger partial charge on any atom is -0.389 e. The normalized spacial score (nSPS) is 15.3. The van der Waals surface area contributed by atoms with Gasteiger partial charge in [0.05, 0.1) is 11.0 Å². The molecule has 19 heavy (non-hydrogen) atoms. The number of carbonyl (C=O) groups is 1. The number of hydrogen-bond acceptors (Lipinski definition) is 3. The summed E-state index contributed by atoms with van der Waals surface area (Å²) in [5.74, 6) is 0. The van der Waals surface area contributed by atoms with Crippen LogP contribution in [0.1, 0.15) is 33.3 Å². The van der Waals surface area contributed by atoms with E-state index in [1.807, 2.05) is 44.2 Å². The summed E-state index contributed by atoms with van der Waals surface area (Å²) in [6.45, 7) is 9.54. The Kier molecular flexibility index (Phi) is 5.27. The zero-order chi connectivity index (χ0) is 14.5. The Morgan fingerprint density at radius 2 is 1.74 bits per heavy atom. The number of rotatable bonds is 7. The molecule has 0 radical (unpaired) electrons. The molecule has 0 amide bonds. The van der Waals surface area contributed by atoms with Crippen LogP contribution < -0.4 is 0 Å². The second kappa shape index (κ2) is 6.31. The summed E-state index contributed by atoms with van der Waals surface area (Å²) in [5.41, 5.74) is -0.280. The van der Waals surface area contributed by atoms with E-state index in [-0.39, 0.29) is 0 Å². The lowest BCUT2D eigenvalue weighted by molar-refractivity contribution is -0.113. The van der Waals surface area contributed by atoms with Gasteiger partial charge in [-0.15, -0.1) is 0 Å². The third-order valence-electron chi connectivity index (χ3n) is 3.30. The molecule has 0 aliphatic heterocycles. The summed E-state index contributed by atoms with van der Waals surface area (Å²) in [6.07, 6.45) is 1.01. The summed E-state index contributed by atoms with van der Waals surface area (Å²) in [6, 6.07) is 9.80. The molecule has 0 heterocycles. The quantitative estimate of drug-likeness (QED) is 0.767. The molecule has 1 unspecified atom stereocenters. The SMILES string of the molecule is CCN(CC(C)(C)O)CC(C)(C=O)c1ccccc1. The van der Waals surface area contributed by atoms with Gasteiger partial charge >= 0.3 is 0 Å². The monoisotopic (exact) mass is 263 g/mol. The van der Waals surface area contributed by atoms with E-state index in [1.54, 1.807) is 13.8 Å². The van der Waals surface area contributed by atoms with Gasteiger partial charge in [-0.3, -0.25) is 4.90 Å². The molecular weight excluding hydrogens is 238 g/mol. The molecule has 0 aromatic heterocycles. The van der Waals surface area contributed by atoms with Gasteiger partial charge in [0.1, 0.15) is 6.29 Å². The molecule has 1 aromatic carbocycles. The second-order valence-corrected chi connectivity index (χ2v) is 6.02. The topological polar surface area (TPSA) is 40.5 Å². The zero-order valence-electron chi connectivity index (χ0n) is 12.4. The van der Waals surface area contributed by atoms with Crippen molar-refractivity contribution >= 4 is 6.29 Å². The van der Waals surface area contributed by atoms with E-state index in [1.165, 1.54) is 0 Å². The van der Waals surface area contributed by atoms with Crippen molar-refractivity contribution in [2.75, 3.05) is 19.6 Å². The molecule has 0 spiro atoms. The van der Waals surface area contributed by atoms with Crippen LogP contribution in [0.4, 0.5) is 0 Å². The molecule has 1 atom stereocenters. The molecule has 1 N–H and O–H groups in total. The summed E-state index contributed by atoms with van der Waals surface area (Å²) >= 11 is 0. The predicted octanol–water partition coefficient (Wildman–Crippen LogP) is 2.24. The first kappa shape index (κ1) is 15.9. The lowest BCUT2D eigenvalue weighted by Gasteiger charge is -2.34. The average molecular weight is 263 g/mol. The standard InChI is InChI=1S/C16H25NO2/c1-5-17(11-15(2,3)19)12-16(4,13-18)14-9-7-6-8-10-14/h6-10,13,19H,5,11-12H2,1-4H3. The van der Waals surface area contributed by atoms with Gasteiger partial charge in [0, 0.05) is 13.1 Å². The van der Waals surface area contributed by atoms with Gasteiger partial charge in [0.2, 0.25) is 0 Å². The van der Waals surface area contributed by atoms with Gasteiger partial charge in [-0.05, 0) is 32.9 Å². The van der Waals surface area contributed by atoms with E-state index < -0.39 is 11.0 Å². The van der Waals surface area contributed by atoms with Crippen molar-refractivity contribution in [1.82, 2.24) is 4.90 Å². The molecule has 0 fully saturated rings. The number of likely N-dealkylation sites (N-methyl/N-ethyl adjacent to an activating group) is 1. The molecule has 3 heteroatoms. The van der Waals surface area contributed by atoms with Crippen LogP contribution in [-0.4, -0.2) is 41.5 Å². The Bertz CT molecular complexity index is 397. The zero-order valence-corrected chi connectivity index (χ0v) is 12.4. The Hall–Kier alpha value is -1.19. The van der Waals surface area contributed by atoms with Crippen LogP contribution in [0, 0.1) is 0 Å². The first-order valence-corrected chi connectivity index (χ1v) is 6.77. The van der Waals surface area contributed by atoms with E-state index >= 15 is 0 Å². The molecule has 0 bridgehead atoms. The van der Waals surface area contributed by atoms with Crippen LogP contribution in [0.5, 0.6) is 0 Å². The maximum Gasteiger partial charge on any atom is 0.131 e. The highest BCUT2D eigenvalue weighted by Crippen LogP contribution is 2.23. The molecule has 0 saturated heterocycles. The molecule has 0 saturated carbocycles. The number of benzene rings is 1. The minimum absolute atomic E-state index is 0.539. The highest BCUT2D eigenvalue weighted by molar-refractivity contribution is 5.68. The third-order valence-corrected chi connectivity index (χ3v) is 3.30. The van der Waals surface area contributed by atoms with Gasteiger partial charge in [0.15, 0.2) is 0 Å². The van der Waals surface area contributed by atoms with Crippen molar-refractivity contribution in [1.29, 1.82) is 0 Å². The Labute approximate surface area is 116 Å². The van der Waals surface area contributed by atoms with Gasteiger partial charge < -0.3 is 9.90 Å². The lowest BCUT2D eigenvalue weighted by Crippen LogP contribution is -2.46. The highest BCUT2D eigenvalue weighted by atomic mass is 16.3. The van der Waals surface area contributed by atoms with E-state index in [0.29, 0.717) is 13.1 Å². The van der Waals surface area contributed by atoms with Crippen molar-refractivity contribution in [2.24, 2.45) is 0 Å².